The molecule has 1 heterocycles. The van der Waals surface area contributed by atoms with Gasteiger partial charge in [-0.25, -0.2) is 0 Å². The van der Waals surface area contributed by atoms with E-state index in [0.717, 1.165) is 50.4 Å². The summed E-state index contributed by atoms with van der Waals surface area (Å²) >= 11 is 0. The normalized spacial score (nSPS) is 26.3. The topological polar surface area (TPSA) is 29.5 Å². The van der Waals surface area contributed by atoms with Gasteiger partial charge in [0.25, 0.3) is 0 Å². The summed E-state index contributed by atoms with van der Waals surface area (Å²) in [6.45, 7) is 4.69. The number of carbonyl (C=O) groups excluding carboxylic acids is 1. The average Bonchev–Trinajstić information content (AvgIpc) is 2.81. The van der Waals surface area contributed by atoms with Crippen LogP contribution in [0.1, 0.15) is 18.4 Å². The summed E-state index contributed by atoms with van der Waals surface area (Å²) in [6, 6.07) is 10.1. The molecule has 2 fully saturated rings. The van der Waals surface area contributed by atoms with Crippen LogP contribution in [-0.2, 0) is 9.53 Å². The van der Waals surface area contributed by atoms with Gasteiger partial charge in [0.15, 0.2) is 5.78 Å². The second-order valence-corrected chi connectivity index (χ2v) is 5.69. The Bertz CT molecular complexity index is 489. The Morgan fingerprint density at radius 2 is 1.90 bits per heavy atom. The Balaban J connectivity index is 1.61. The van der Waals surface area contributed by atoms with Crippen molar-refractivity contribution in [3.63, 3.8) is 0 Å². The van der Waals surface area contributed by atoms with Crippen molar-refractivity contribution in [1.29, 1.82) is 0 Å². The molecule has 0 radical (unpaired) electrons. The summed E-state index contributed by atoms with van der Waals surface area (Å²) in [7, 11) is 0. The van der Waals surface area contributed by atoms with Gasteiger partial charge in [0.2, 0.25) is 0 Å². The fraction of sp³-hybridized carbons (Fsp3) is 0.471. The van der Waals surface area contributed by atoms with E-state index in [-0.39, 0.29) is 0 Å². The van der Waals surface area contributed by atoms with Crippen LogP contribution in [0.25, 0.3) is 6.08 Å². The highest BCUT2D eigenvalue weighted by atomic mass is 16.5. The van der Waals surface area contributed by atoms with Crippen LogP contribution in [0.5, 0.6) is 0 Å². The number of rotatable bonds is 3. The molecule has 0 amide bonds. The lowest BCUT2D eigenvalue weighted by Gasteiger charge is -2.28. The van der Waals surface area contributed by atoms with E-state index in [9.17, 15) is 4.79 Å². The van der Waals surface area contributed by atoms with E-state index in [1.54, 1.807) is 0 Å². The molecular formula is C17H21NO2. The Hall–Kier alpha value is -1.45. The van der Waals surface area contributed by atoms with E-state index in [1.165, 1.54) is 0 Å². The highest BCUT2D eigenvalue weighted by molar-refractivity contribution is 6.01. The standard InChI is InChI=1S/C17H21NO2/c19-17-12-15(13-18-6-8-20-9-7-18)11-16(17)10-14-4-2-1-3-5-14/h1-5,10,15H,6-9,11-13H2/b16-10-. The Morgan fingerprint density at radius 3 is 2.65 bits per heavy atom. The van der Waals surface area contributed by atoms with Gasteiger partial charge >= 0.3 is 0 Å². The van der Waals surface area contributed by atoms with Crippen molar-refractivity contribution in [3.8, 4) is 0 Å². The number of allylic oxidation sites excluding steroid dienone is 1. The van der Waals surface area contributed by atoms with Crippen molar-refractivity contribution < 1.29 is 9.53 Å². The van der Waals surface area contributed by atoms with Gasteiger partial charge in [-0.2, -0.15) is 0 Å². The lowest BCUT2D eigenvalue weighted by Crippen LogP contribution is -2.39. The van der Waals surface area contributed by atoms with Crippen LogP contribution in [-0.4, -0.2) is 43.5 Å². The molecule has 1 aromatic rings. The molecular weight excluding hydrogens is 250 g/mol. The van der Waals surface area contributed by atoms with Crippen LogP contribution >= 0.6 is 0 Å². The molecule has 1 atom stereocenters. The first-order chi connectivity index (χ1) is 9.81. The van der Waals surface area contributed by atoms with Crippen LogP contribution in [0.4, 0.5) is 0 Å². The number of ether oxygens (including phenoxy) is 1. The van der Waals surface area contributed by atoms with Crippen molar-refractivity contribution in [2.45, 2.75) is 12.8 Å². The zero-order chi connectivity index (χ0) is 13.8. The number of morpholine rings is 1. The molecule has 106 valence electrons. The van der Waals surface area contributed by atoms with Gasteiger partial charge in [-0.3, -0.25) is 9.69 Å². The summed E-state index contributed by atoms with van der Waals surface area (Å²) in [4.78, 5) is 14.5. The molecule has 1 aromatic carbocycles. The highest BCUT2D eigenvalue weighted by Crippen LogP contribution is 2.29. The van der Waals surface area contributed by atoms with Crippen molar-refractivity contribution in [1.82, 2.24) is 4.90 Å². The van der Waals surface area contributed by atoms with Crippen molar-refractivity contribution >= 4 is 11.9 Å². The van der Waals surface area contributed by atoms with Gasteiger partial charge in [-0.1, -0.05) is 30.3 Å². The van der Waals surface area contributed by atoms with Crippen molar-refractivity contribution in [2.24, 2.45) is 5.92 Å². The van der Waals surface area contributed by atoms with Gasteiger partial charge in [0.1, 0.15) is 0 Å². The molecule has 1 unspecified atom stereocenters. The summed E-state index contributed by atoms with van der Waals surface area (Å²) in [5, 5.41) is 0. The number of benzene rings is 1. The first-order valence-electron chi connectivity index (χ1n) is 7.40. The number of hydrogen-bond acceptors (Lipinski definition) is 3. The molecule has 0 N–H and O–H groups in total. The van der Waals surface area contributed by atoms with Gasteiger partial charge in [0.05, 0.1) is 13.2 Å². The van der Waals surface area contributed by atoms with Crippen LogP contribution < -0.4 is 0 Å². The molecule has 1 saturated carbocycles. The van der Waals surface area contributed by atoms with Crippen LogP contribution in [0.3, 0.4) is 0 Å². The van der Waals surface area contributed by atoms with Gasteiger partial charge in [-0.15, -0.1) is 0 Å². The summed E-state index contributed by atoms with van der Waals surface area (Å²) < 4.78 is 5.37. The van der Waals surface area contributed by atoms with Crippen molar-refractivity contribution in [2.75, 3.05) is 32.8 Å². The quantitative estimate of drug-likeness (QED) is 0.791. The first kappa shape index (κ1) is 13.5. The molecule has 1 saturated heterocycles. The Labute approximate surface area is 120 Å². The van der Waals surface area contributed by atoms with Crippen LogP contribution in [0.15, 0.2) is 35.9 Å². The maximum Gasteiger partial charge on any atom is 0.159 e. The SMILES string of the molecule is O=C1CC(CN2CCOCC2)C/C1=C/c1ccccc1. The van der Waals surface area contributed by atoms with Crippen LogP contribution in [0, 0.1) is 5.92 Å². The number of nitrogens with zero attached hydrogens (tertiary/aromatic N) is 1. The third-order valence-corrected chi connectivity index (χ3v) is 4.10. The maximum atomic E-state index is 12.1. The molecule has 1 aliphatic carbocycles. The lowest BCUT2D eigenvalue weighted by atomic mass is 10.1. The third-order valence-electron chi connectivity index (χ3n) is 4.10. The minimum atomic E-state index is 0.326. The molecule has 20 heavy (non-hydrogen) atoms. The molecule has 0 aromatic heterocycles. The summed E-state index contributed by atoms with van der Waals surface area (Å²) in [6.07, 6.45) is 3.68. The average molecular weight is 271 g/mol. The predicted molar refractivity (Wildman–Crippen MR) is 79.4 cm³/mol. The first-order valence-corrected chi connectivity index (χ1v) is 7.40. The fourth-order valence-electron chi connectivity index (χ4n) is 3.06. The van der Waals surface area contributed by atoms with Gasteiger partial charge in [-0.05, 0) is 29.6 Å². The molecule has 3 rings (SSSR count). The lowest BCUT2D eigenvalue weighted by molar-refractivity contribution is -0.114. The van der Waals surface area contributed by atoms with E-state index in [0.29, 0.717) is 18.1 Å². The minimum Gasteiger partial charge on any atom is -0.379 e. The molecule has 1 aliphatic heterocycles. The minimum absolute atomic E-state index is 0.326. The highest BCUT2D eigenvalue weighted by Gasteiger charge is 2.28. The van der Waals surface area contributed by atoms with Crippen LogP contribution in [0.2, 0.25) is 0 Å². The Kier molecular flexibility index (Phi) is 4.28. The number of ketones is 1. The summed E-state index contributed by atoms with van der Waals surface area (Å²) in [5.41, 5.74) is 2.12. The smallest absolute Gasteiger partial charge is 0.159 e. The zero-order valence-corrected chi connectivity index (χ0v) is 11.8. The van der Waals surface area contributed by atoms with E-state index < -0.39 is 0 Å². The van der Waals surface area contributed by atoms with E-state index >= 15 is 0 Å². The largest absolute Gasteiger partial charge is 0.379 e. The van der Waals surface area contributed by atoms with E-state index in [2.05, 4.69) is 23.1 Å². The monoisotopic (exact) mass is 271 g/mol. The molecule has 2 aliphatic rings. The van der Waals surface area contributed by atoms with E-state index in [1.807, 2.05) is 18.2 Å². The fourth-order valence-corrected chi connectivity index (χ4v) is 3.06. The molecule has 0 bridgehead atoms. The Morgan fingerprint density at radius 1 is 1.15 bits per heavy atom. The summed E-state index contributed by atoms with van der Waals surface area (Å²) in [5.74, 6) is 0.808. The number of carbonyl (C=O) groups is 1. The molecule has 3 nitrogen and oxygen atoms in total. The third kappa shape index (κ3) is 3.35. The number of Topliss-reactive ketones (excluding diaryl/α,β-unsaturated/α-hetero) is 1. The van der Waals surface area contributed by atoms with Gasteiger partial charge < -0.3 is 4.74 Å². The van der Waals surface area contributed by atoms with E-state index in [4.69, 9.17) is 4.74 Å². The predicted octanol–water partition coefficient (Wildman–Crippen LogP) is 2.38. The molecule has 3 heteroatoms. The zero-order valence-electron chi connectivity index (χ0n) is 11.8. The maximum absolute atomic E-state index is 12.1. The van der Waals surface area contributed by atoms with Crippen molar-refractivity contribution in [3.05, 3.63) is 41.5 Å². The second-order valence-electron chi connectivity index (χ2n) is 5.69. The van der Waals surface area contributed by atoms with Gasteiger partial charge in [0, 0.05) is 26.1 Å². The number of hydrogen-bond donors (Lipinski definition) is 0. The second kappa shape index (κ2) is 6.33. The molecule has 0 spiro atoms.